The summed E-state index contributed by atoms with van der Waals surface area (Å²) < 4.78 is 26.0. The van der Waals surface area contributed by atoms with Crippen LogP contribution in [-0.4, -0.2) is 41.6 Å². The molecule has 2 aliphatic heterocycles. The number of rotatable bonds is 7. The van der Waals surface area contributed by atoms with Gasteiger partial charge in [-0.25, -0.2) is 14.1 Å². The zero-order valence-electron chi connectivity index (χ0n) is 22.2. The number of carbonyl (C=O) groups excluding carboxylic acids is 2. The van der Waals surface area contributed by atoms with Gasteiger partial charge in [0.05, 0.1) is 24.6 Å². The molecule has 0 unspecified atom stereocenters. The van der Waals surface area contributed by atoms with Gasteiger partial charge >= 0.3 is 6.03 Å². The van der Waals surface area contributed by atoms with E-state index in [-0.39, 0.29) is 18.2 Å². The Morgan fingerprint density at radius 1 is 1.00 bits per heavy atom. The number of imide groups is 1. The molecule has 1 saturated heterocycles. The van der Waals surface area contributed by atoms with E-state index in [2.05, 4.69) is 4.98 Å². The second-order valence-corrected chi connectivity index (χ2v) is 10.1. The van der Waals surface area contributed by atoms with Gasteiger partial charge in [0, 0.05) is 23.4 Å². The number of amides is 3. The number of ether oxygens (including phenoxy) is 2. The van der Waals surface area contributed by atoms with Gasteiger partial charge in [0.1, 0.15) is 5.82 Å². The minimum absolute atomic E-state index is 0.214. The lowest BCUT2D eigenvalue weighted by Gasteiger charge is -2.40. The number of carbonyl (C=O) groups is 2. The number of hydrogen-bond donors (Lipinski definition) is 1. The lowest BCUT2D eigenvalue weighted by Crippen LogP contribution is -2.50. The lowest BCUT2D eigenvalue weighted by atomic mass is 9.78. The largest absolute Gasteiger partial charge is 0.490 e. The second kappa shape index (κ2) is 9.45. The zero-order chi connectivity index (χ0) is 27.3. The van der Waals surface area contributed by atoms with E-state index in [4.69, 9.17) is 9.47 Å². The molecule has 0 aliphatic carbocycles. The van der Waals surface area contributed by atoms with Crippen LogP contribution >= 0.6 is 0 Å². The van der Waals surface area contributed by atoms with E-state index in [1.165, 1.54) is 18.2 Å². The fourth-order valence-electron chi connectivity index (χ4n) is 5.87. The first kappa shape index (κ1) is 25.0. The molecule has 8 heteroatoms. The number of para-hydroxylation sites is 1. The standard InChI is InChI=1S/C31H30FN3O4/c1-4-15-39-25-14-13-19(16-26(25)38-5-2)23-18-34-30(37)35(21-10-8-9-20(32)17-21)29(36)31(34,3)28-27(23)22-11-6-7-12-24(22)33-28/h6-14,16-17,23,33H,4-5,15,18H2,1-3H3/t23-,31-/m0/s1. The topological polar surface area (TPSA) is 74.9 Å². The minimum atomic E-state index is -1.28. The van der Waals surface area contributed by atoms with E-state index in [9.17, 15) is 14.0 Å². The normalized spacial score (nSPS) is 20.4. The van der Waals surface area contributed by atoms with E-state index in [1.54, 1.807) is 17.9 Å². The van der Waals surface area contributed by atoms with Crippen molar-refractivity contribution in [1.29, 1.82) is 0 Å². The molecule has 3 amide bonds. The van der Waals surface area contributed by atoms with Gasteiger partial charge in [0.2, 0.25) is 0 Å². The zero-order valence-corrected chi connectivity index (χ0v) is 22.2. The SMILES string of the molecule is CCCOc1ccc([C@@H]2CN3C(=O)N(c4cccc(F)c4)C(=O)[C@]3(C)c3[nH]c4ccccc4c32)cc1OCC. The lowest BCUT2D eigenvalue weighted by molar-refractivity contribution is -0.125. The molecule has 1 aromatic heterocycles. The number of urea groups is 1. The summed E-state index contributed by atoms with van der Waals surface area (Å²) in [7, 11) is 0. The fraction of sp³-hybridized carbons (Fsp3) is 0.290. The van der Waals surface area contributed by atoms with Crippen LogP contribution < -0.4 is 14.4 Å². The third-order valence-corrected chi connectivity index (χ3v) is 7.73. The number of H-pyrrole nitrogens is 1. The molecule has 1 N–H and O–H groups in total. The van der Waals surface area contributed by atoms with Crippen LogP contribution in [0.4, 0.5) is 14.9 Å². The summed E-state index contributed by atoms with van der Waals surface area (Å²) >= 11 is 0. The number of nitrogens with one attached hydrogen (secondary N) is 1. The highest BCUT2D eigenvalue weighted by molar-refractivity contribution is 6.23. The Morgan fingerprint density at radius 2 is 1.82 bits per heavy atom. The molecule has 0 radical (unpaired) electrons. The van der Waals surface area contributed by atoms with Crippen LogP contribution in [-0.2, 0) is 10.3 Å². The molecular formula is C31H30FN3O4. The molecule has 0 saturated carbocycles. The van der Waals surface area contributed by atoms with E-state index in [1.807, 2.05) is 56.3 Å². The number of aromatic nitrogens is 1. The Labute approximate surface area is 226 Å². The molecule has 2 atom stereocenters. The third kappa shape index (κ3) is 3.77. The highest BCUT2D eigenvalue weighted by Gasteiger charge is 2.60. The van der Waals surface area contributed by atoms with Gasteiger partial charge in [-0.05, 0) is 67.8 Å². The monoisotopic (exact) mass is 527 g/mol. The van der Waals surface area contributed by atoms with Gasteiger partial charge in [0.25, 0.3) is 5.91 Å². The quantitative estimate of drug-likeness (QED) is 0.285. The van der Waals surface area contributed by atoms with E-state index >= 15 is 0 Å². The first-order valence-electron chi connectivity index (χ1n) is 13.3. The average Bonchev–Trinajstić information content (AvgIpc) is 3.42. The Morgan fingerprint density at radius 3 is 2.59 bits per heavy atom. The first-order chi connectivity index (χ1) is 18.9. The van der Waals surface area contributed by atoms with Crippen molar-refractivity contribution in [3.8, 4) is 11.5 Å². The summed E-state index contributed by atoms with van der Waals surface area (Å²) in [6, 6.07) is 18.9. The predicted molar refractivity (Wildman–Crippen MR) is 147 cm³/mol. The van der Waals surface area contributed by atoms with Gasteiger partial charge < -0.3 is 19.4 Å². The van der Waals surface area contributed by atoms with Crippen molar-refractivity contribution in [2.75, 3.05) is 24.7 Å². The molecule has 3 aromatic carbocycles. The third-order valence-electron chi connectivity index (χ3n) is 7.73. The van der Waals surface area contributed by atoms with Crippen molar-refractivity contribution in [1.82, 2.24) is 9.88 Å². The summed E-state index contributed by atoms with van der Waals surface area (Å²) in [6.45, 7) is 7.07. The van der Waals surface area contributed by atoms with Crippen LogP contribution in [0.3, 0.4) is 0 Å². The van der Waals surface area contributed by atoms with Crippen molar-refractivity contribution in [2.24, 2.45) is 0 Å². The van der Waals surface area contributed by atoms with E-state index in [0.29, 0.717) is 30.4 Å². The number of hydrogen-bond acceptors (Lipinski definition) is 4. The summed E-state index contributed by atoms with van der Waals surface area (Å²) in [5, 5.41) is 0.993. The van der Waals surface area contributed by atoms with Crippen molar-refractivity contribution < 1.29 is 23.5 Å². The summed E-state index contributed by atoms with van der Waals surface area (Å²) in [4.78, 5) is 34.1. The molecule has 1 fully saturated rings. The van der Waals surface area contributed by atoms with E-state index < -0.39 is 23.3 Å². The number of fused-ring (bicyclic) bond motifs is 5. The van der Waals surface area contributed by atoms with Crippen molar-refractivity contribution >= 4 is 28.5 Å². The van der Waals surface area contributed by atoms with Crippen molar-refractivity contribution in [3.05, 3.63) is 89.4 Å². The minimum Gasteiger partial charge on any atom is -0.490 e. The smallest absolute Gasteiger partial charge is 0.332 e. The van der Waals surface area contributed by atoms with Crippen LogP contribution in [0.15, 0.2) is 66.7 Å². The Bertz CT molecular complexity index is 1600. The summed E-state index contributed by atoms with van der Waals surface area (Å²) in [5.41, 5.74) is 2.40. The maximum atomic E-state index is 14.1. The fourth-order valence-corrected chi connectivity index (χ4v) is 5.87. The molecule has 6 rings (SSSR count). The highest BCUT2D eigenvalue weighted by Crippen LogP contribution is 2.51. The Kier molecular flexibility index (Phi) is 6.05. The second-order valence-electron chi connectivity index (χ2n) is 10.1. The van der Waals surface area contributed by atoms with Crippen molar-refractivity contribution in [3.63, 3.8) is 0 Å². The van der Waals surface area contributed by atoms with Gasteiger partial charge in [-0.2, -0.15) is 0 Å². The van der Waals surface area contributed by atoms with Gasteiger partial charge in [-0.15, -0.1) is 0 Å². The van der Waals surface area contributed by atoms with Crippen LogP contribution in [0.25, 0.3) is 10.9 Å². The van der Waals surface area contributed by atoms with Crippen LogP contribution in [0.5, 0.6) is 11.5 Å². The molecule has 200 valence electrons. The van der Waals surface area contributed by atoms with Crippen LogP contribution in [0.2, 0.25) is 0 Å². The summed E-state index contributed by atoms with van der Waals surface area (Å²) in [5.74, 6) is 0.145. The molecule has 0 bridgehead atoms. The number of anilines is 1. The number of benzene rings is 3. The van der Waals surface area contributed by atoms with E-state index in [0.717, 1.165) is 33.4 Å². The number of nitrogens with zero attached hydrogens (tertiary/aromatic N) is 2. The van der Waals surface area contributed by atoms with Gasteiger partial charge in [0.15, 0.2) is 17.0 Å². The predicted octanol–water partition coefficient (Wildman–Crippen LogP) is 6.32. The first-order valence-corrected chi connectivity index (χ1v) is 13.3. The number of aromatic amines is 1. The van der Waals surface area contributed by atoms with Crippen molar-refractivity contribution in [2.45, 2.75) is 38.6 Å². The molecule has 2 aliphatic rings. The molecular weight excluding hydrogens is 497 g/mol. The highest BCUT2D eigenvalue weighted by atomic mass is 19.1. The summed E-state index contributed by atoms with van der Waals surface area (Å²) in [6.07, 6.45) is 0.875. The van der Waals surface area contributed by atoms with Gasteiger partial charge in [-0.1, -0.05) is 37.3 Å². The van der Waals surface area contributed by atoms with Gasteiger partial charge in [-0.3, -0.25) is 4.79 Å². The van der Waals surface area contributed by atoms with Crippen LogP contribution in [0.1, 0.15) is 49.9 Å². The average molecular weight is 528 g/mol. The molecule has 4 aromatic rings. The Balaban J connectivity index is 1.52. The Hall–Kier alpha value is -4.33. The molecule has 39 heavy (non-hydrogen) atoms. The van der Waals surface area contributed by atoms with Crippen LogP contribution in [0, 0.1) is 5.82 Å². The maximum absolute atomic E-state index is 14.1. The molecule has 7 nitrogen and oxygen atoms in total. The molecule has 0 spiro atoms. The molecule has 3 heterocycles. The maximum Gasteiger partial charge on any atom is 0.332 e. The number of halogens is 1.